The SMILES string of the molecule is C[C@H]1COc2c(S(N)(=O)=NC(=O)Nc3c4c(c(F)c5c3CC5)CCC4)cnn21. The van der Waals surface area contributed by atoms with Crippen LogP contribution in [0.15, 0.2) is 15.5 Å². The molecule has 2 atom stereocenters. The van der Waals surface area contributed by atoms with E-state index in [-0.39, 0.29) is 22.6 Å². The maximum Gasteiger partial charge on any atom is 0.354 e. The fourth-order valence-electron chi connectivity index (χ4n) is 4.23. The number of nitrogens with zero attached hydrogens (tertiary/aromatic N) is 3. The smallest absolute Gasteiger partial charge is 0.354 e. The maximum atomic E-state index is 14.5. The number of carbonyl (C=O) groups excluding carboxylic acids is 1. The molecule has 2 aliphatic carbocycles. The Labute approximate surface area is 161 Å². The zero-order valence-corrected chi connectivity index (χ0v) is 16.1. The molecular weight excluding hydrogens is 385 g/mol. The standard InChI is InChI=1S/C18H20FN5O3S/c1-9-8-27-17-14(7-21-24(9)17)28(20,26)23-18(25)22-16-12-4-2-3-10(12)15(19)11-5-6-13(11)16/h7,9H,2-6,8H2,1H3,(H3,20,22,23,25,26)/t9-,28?/m0/s1. The van der Waals surface area contributed by atoms with Crippen LogP contribution in [0.4, 0.5) is 14.9 Å². The van der Waals surface area contributed by atoms with E-state index in [4.69, 9.17) is 9.88 Å². The van der Waals surface area contributed by atoms with Crippen molar-refractivity contribution in [2.45, 2.75) is 50.0 Å². The zero-order valence-electron chi connectivity index (χ0n) is 15.3. The van der Waals surface area contributed by atoms with Crippen LogP contribution in [0, 0.1) is 5.82 Å². The molecule has 8 nitrogen and oxygen atoms in total. The molecular formula is C18H20FN5O3S. The van der Waals surface area contributed by atoms with E-state index in [9.17, 15) is 13.4 Å². The van der Waals surface area contributed by atoms with E-state index >= 15 is 0 Å². The summed E-state index contributed by atoms with van der Waals surface area (Å²) >= 11 is 0. The van der Waals surface area contributed by atoms with E-state index in [0.717, 1.165) is 17.5 Å². The van der Waals surface area contributed by atoms with Crippen LogP contribution >= 0.6 is 0 Å². The van der Waals surface area contributed by atoms with E-state index in [1.807, 2.05) is 6.92 Å². The Morgan fingerprint density at radius 2 is 2.00 bits per heavy atom. The van der Waals surface area contributed by atoms with Gasteiger partial charge in [0.05, 0.1) is 12.2 Å². The van der Waals surface area contributed by atoms with E-state index in [1.165, 1.54) is 6.20 Å². The van der Waals surface area contributed by atoms with Gasteiger partial charge in [-0.05, 0) is 61.3 Å². The number of hydrogen-bond acceptors (Lipinski definition) is 4. The number of fused-ring (bicyclic) bond motifs is 3. The molecule has 0 fully saturated rings. The molecule has 1 aliphatic heterocycles. The second-order valence-corrected chi connectivity index (χ2v) is 9.23. The van der Waals surface area contributed by atoms with Crippen molar-refractivity contribution in [2.75, 3.05) is 11.9 Å². The molecule has 2 heterocycles. The van der Waals surface area contributed by atoms with Gasteiger partial charge in [0, 0.05) is 5.69 Å². The number of rotatable bonds is 2. The number of urea groups is 1. The lowest BCUT2D eigenvalue weighted by Gasteiger charge is -2.26. The van der Waals surface area contributed by atoms with Crippen molar-refractivity contribution in [3.8, 4) is 5.88 Å². The van der Waals surface area contributed by atoms with Gasteiger partial charge in [-0.3, -0.25) is 0 Å². The van der Waals surface area contributed by atoms with Crippen molar-refractivity contribution in [3.63, 3.8) is 0 Å². The summed E-state index contributed by atoms with van der Waals surface area (Å²) in [5.74, 6) is 0.149. The third-order valence-corrected chi connectivity index (χ3v) is 7.05. The van der Waals surface area contributed by atoms with Gasteiger partial charge in [-0.15, -0.1) is 4.36 Å². The Balaban J connectivity index is 1.49. The highest BCUT2D eigenvalue weighted by Gasteiger charge is 2.32. The van der Waals surface area contributed by atoms with Gasteiger partial charge in [0.15, 0.2) is 9.92 Å². The number of benzene rings is 1. The van der Waals surface area contributed by atoms with Crippen molar-refractivity contribution in [1.29, 1.82) is 0 Å². The van der Waals surface area contributed by atoms with Crippen molar-refractivity contribution in [1.82, 2.24) is 9.78 Å². The quantitative estimate of drug-likeness (QED) is 0.799. The summed E-state index contributed by atoms with van der Waals surface area (Å²) in [6.07, 6.45) is 4.92. The van der Waals surface area contributed by atoms with Gasteiger partial charge in [-0.1, -0.05) is 0 Å². The third-order valence-electron chi connectivity index (χ3n) is 5.70. The number of ether oxygens (including phenoxy) is 1. The van der Waals surface area contributed by atoms with E-state index in [0.29, 0.717) is 49.1 Å². The zero-order chi connectivity index (χ0) is 19.6. The summed E-state index contributed by atoms with van der Waals surface area (Å²) in [5, 5.41) is 12.7. The number of hydrogen-bond donors (Lipinski definition) is 2. The van der Waals surface area contributed by atoms with Crippen molar-refractivity contribution < 1.29 is 18.1 Å². The Morgan fingerprint density at radius 1 is 1.32 bits per heavy atom. The van der Waals surface area contributed by atoms with Gasteiger partial charge in [0.25, 0.3) is 0 Å². The molecule has 0 saturated carbocycles. The average molecular weight is 405 g/mol. The molecule has 148 valence electrons. The predicted molar refractivity (Wildman–Crippen MR) is 100 cm³/mol. The lowest BCUT2D eigenvalue weighted by atomic mass is 9.83. The number of nitrogens with two attached hydrogens (primary N) is 1. The number of halogens is 1. The second kappa shape index (κ2) is 6.02. The molecule has 1 aromatic heterocycles. The highest BCUT2D eigenvalue weighted by molar-refractivity contribution is 7.91. The van der Waals surface area contributed by atoms with Gasteiger partial charge in [0.2, 0.25) is 5.88 Å². The topological polar surface area (TPSA) is 112 Å². The Morgan fingerprint density at radius 3 is 2.75 bits per heavy atom. The van der Waals surface area contributed by atoms with E-state index in [1.54, 1.807) is 4.68 Å². The summed E-state index contributed by atoms with van der Waals surface area (Å²) in [5.41, 5.74) is 3.60. The molecule has 10 heteroatoms. The first-order valence-corrected chi connectivity index (χ1v) is 10.9. The van der Waals surface area contributed by atoms with Crippen LogP contribution in [0.1, 0.15) is 41.6 Å². The van der Waals surface area contributed by atoms with Crippen LogP contribution < -0.4 is 15.2 Å². The van der Waals surface area contributed by atoms with Crippen LogP contribution in [0.25, 0.3) is 0 Å². The second-order valence-electron chi connectivity index (χ2n) is 7.47. The van der Waals surface area contributed by atoms with E-state index < -0.39 is 15.9 Å². The third kappa shape index (κ3) is 2.47. The molecule has 3 N–H and O–H groups in total. The van der Waals surface area contributed by atoms with Gasteiger partial charge >= 0.3 is 6.03 Å². The molecule has 1 unspecified atom stereocenters. The van der Waals surface area contributed by atoms with Crippen molar-refractivity contribution >= 4 is 21.6 Å². The summed E-state index contributed by atoms with van der Waals surface area (Å²) in [6.45, 7) is 2.30. The predicted octanol–water partition coefficient (Wildman–Crippen LogP) is 2.50. The fraction of sp³-hybridized carbons (Fsp3) is 0.444. The number of anilines is 1. The number of nitrogens with one attached hydrogen (secondary N) is 1. The molecule has 0 saturated heterocycles. The van der Waals surface area contributed by atoms with Crippen LogP contribution in [-0.4, -0.2) is 26.6 Å². The van der Waals surface area contributed by atoms with Gasteiger partial charge in [0.1, 0.15) is 17.3 Å². The first-order chi connectivity index (χ1) is 13.4. The normalized spacial score (nSPS) is 21.0. The molecule has 2 aromatic rings. The minimum absolute atomic E-state index is 0.00610. The molecule has 1 aromatic carbocycles. The Kier molecular flexibility index (Phi) is 3.79. The van der Waals surface area contributed by atoms with E-state index in [2.05, 4.69) is 14.8 Å². The molecule has 5 rings (SSSR count). The van der Waals surface area contributed by atoms with Gasteiger partial charge < -0.3 is 10.1 Å². The lowest BCUT2D eigenvalue weighted by molar-refractivity contribution is 0.260. The largest absolute Gasteiger partial charge is 0.475 e. The summed E-state index contributed by atoms with van der Waals surface area (Å²) in [6, 6.07) is -0.818. The van der Waals surface area contributed by atoms with Crippen LogP contribution in [0.3, 0.4) is 0 Å². The number of amides is 2. The Hall–Kier alpha value is -2.46. The number of aromatic nitrogens is 2. The fourth-order valence-corrected chi connectivity index (χ4v) is 5.22. The van der Waals surface area contributed by atoms with Crippen LogP contribution in [0.2, 0.25) is 0 Å². The minimum atomic E-state index is -3.53. The highest BCUT2D eigenvalue weighted by atomic mass is 32.2. The molecule has 0 radical (unpaired) electrons. The summed E-state index contributed by atoms with van der Waals surface area (Å²) < 4.78 is 38.2. The molecule has 0 bridgehead atoms. The molecule has 3 aliphatic rings. The monoisotopic (exact) mass is 405 g/mol. The van der Waals surface area contributed by atoms with Crippen LogP contribution in [0.5, 0.6) is 5.88 Å². The maximum absolute atomic E-state index is 14.5. The molecule has 0 spiro atoms. The van der Waals surface area contributed by atoms with Crippen molar-refractivity contribution in [3.05, 3.63) is 34.3 Å². The molecule has 2 amide bonds. The molecule has 28 heavy (non-hydrogen) atoms. The van der Waals surface area contributed by atoms with Gasteiger partial charge in [-0.2, -0.15) is 5.10 Å². The summed E-state index contributed by atoms with van der Waals surface area (Å²) in [7, 11) is -3.53. The first kappa shape index (κ1) is 17.6. The van der Waals surface area contributed by atoms with Crippen molar-refractivity contribution in [2.24, 2.45) is 9.50 Å². The first-order valence-electron chi connectivity index (χ1n) is 9.28. The lowest BCUT2D eigenvalue weighted by Crippen LogP contribution is -2.22. The number of carbonyl (C=O) groups is 1. The minimum Gasteiger partial charge on any atom is -0.475 e. The summed E-state index contributed by atoms with van der Waals surface area (Å²) in [4.78, 5) is 12.7. The van der Waals surface area contributed by atoms with Crippen LogP contribution in [-0.2, 0) is 35.6 Å². The average Bonchev–Trinajstić information content (AvgIpc) is 3.29. The highest BCUT2D eigenvalue weighted by Crippen LogP contribution is 2.42. The Bertz CT molecular complexity index is 1150. The van der Waals surface area contributed by atoms with Gasteiger partial charge in [-0.25, -0.2) is 23.2 Å².